The summed E-state index contributed by atoms with van der Waals surface area (Å²) in [5.41, 5.74) is 7.02. The second-order valence-electron chi connectivity index (χ2n) is 10.9. The highest BCUT2D eigenvalue weighted by molar-refractivity contribution is 5.89. The third-order valence-electron chi connectivity index (χ3n) is 8.92. The molecule has 2 aliphatic carbocycles. The lowest BCUT2D eigenvalue weighted by Crippen LogP contribution is -2.51. The fourth-order valence-electron chi connectivity index (χ4n) is 7.45. The maximum Gasteiger partial charge on any atom is 0.306 e. The largest absolute Gasteiger partial charge is 0.481 e. The van der Waals surface area contributed by atoms with Crippen molar-refractivity contribution in [3.8, 4) is 22.3 Å². The highest BCUT2D eigenvalue weighted by atomic mass is 16.4. The first-order chi connectivity index (χ1) is 18.3. The minimum atomic E-state index is -0.854. The highest BCUT2D eigenvalue weighted by Gasteiger charge is 2.63. The van der Waals surface area contributed by atoms with Gasteiger partial charge in [0.25, 0.3) is 0 Å². The minimum absolute atomic E-state index is 0.339. The Kier molecular flexibility index (Phi) is 5.53. The molecule has 0 aliphatic heterocycles. The molecule has 0 bridgehead atoms. The van der Waals surface area contributed by atoms with Crippen molar-refractivity contribution in [1.82, 2.24) is 0 Å². The molecule has 2 N–H and O–H groups in total. The second kappa shape index (κ2) is 8.70. The van der Waals surface area contributed by atoms with Gasteiger partial charge < -0.3 is 10.2 Å². The van der Waals surface area contributed by atoms with E-state index in [9.17, 15) is 19.8 Å². The average molecular weight is 503 g/mol. The van der Waals surface area contributed by atoms with Gasteiger partial charge in [-0.25, -0.2) is 0 Å². The lowest BCUT2D eigenvalue weighted by Gasteiger charge is -2.51. The summed E-state index contributed by atoms with van der Waals surface area (Å²) in [6.07, 6.45) is 0.677. The molecule has 0 saturated heterocycles. The lowest BCUT2D eigenvalue weighted by molar-refractivity contribution is -0.143. The third-order valence-corrected chi connectivity index (χ3v) is 8.92. The molecule has 2 unspecified atom stereocenters. The van der Waals surface area contributed by atoms with Gasteiger partial charge in [0.15, 0.2) is 0 Å². The van der Waals surface area contributed by atoms with Crippen LogP contribution in [0.4, 0.5) is 0 Å². The summed E-state index contributed by atoms with van der Waals surface area (Å²) in [6, 6.07) is 33.1. The Bertz CT molecular complexity index is 1370. The molecule has 4 heteroatoms. The smallest absolute Gasteiger partial charge is 0.306 e. The summed E-state index contributed by atoms with van der Waals surface area (Å²) in [5, 5.41) is 20.5. The Hall–Kier alpha value is -4.18. The number of hydrogen-bond donors (Lipinski definition) is 2. The number of fused-ring (bicyclic) bond motifs is 6. The molecule has 6 rings (SSSR count). The molecule has 0 radical (unpaired) electrons. The van der Waals surface area contributed by atoms with Gasteiger partial charge >= 0.3 is 11.9 Å². The minimum Gasteiger partial charge on any atom is -0.481 e. The monoisotopic (exact) mass is 502 g/mol. The van der Waals surface area contributed by atoms with Crippen LogP contribution in [0.2, 0.25) is 0 Å². The van der Waals surface area contributed by atoms with Gasteiger partial charge in [-0.2, -0.15) is 0 Å². The molecular weight excluding hydrogens is 472 g/mol. The summed E-state index contributed by atoms with van der Waals surface area (Å²) >= 11 is 0. The molecule has 4 aromatic rings. The molecule has 4 aromatic carbocycles. The molecule has 4 nitrogen and oxygen atoms in total. The Morgan fingerprint density at radius 3 is 1.00 bits per heavy atom. The molecule has 38 heavy (non-hydrogen) atoms. The molecule has 190 valence electrons. The van der Waals surface area contributed by atoms with Crippen molar-refractivity contribution in [2.45, 2.75) is 37.5 Å². The zero-order chi connectivity index (χ0) is 26.7. The summed E-state index contributed by atoms with van der Waals surface area (Å²) in [5.74, 6) is -3.03. The molecule has 2 aliphatic rings. The van der Waals surface area contributed by atoms with Crippen molar-refractivity contribution in [2.75, 3.05) is 0 Å². The van der Waals surface area contributed by atoms with E-state index >= 15 is 0 Å². The van der Waals surface area contributed by atoms with Crippen molar-refractivity contribution in [1.29, 1.82) is 0 Å². The van der Waals surface area contributed by atoms with Gasteiger partial charge in [-0.1, -0.05) is 111 Å². The molecular formula is C34H30O4. The normalized spacial score (nSPS) is 17.0. The molecule has 0 spiro atoms. The van der Waals surface area contributed by atoms with Gasteiger partial charge in [-0.3, -0.25) is 9.59 Å². The van der Waals surface area contributed by atoms with Crippen molar-refractivity contribution in [3.05, 3.63) is 119 Å². The molecule has 0 amide bonds. The Morgan fingerprint density at radius 2 is 0.763 bits per heavy atom. The van der Waals surface area contributed by atoms with Crippen LogP contribution in [0.1, 0.15) is 48.9 Å². The van der Waals surface area contributed by atoms with Gasteiger partial charge in [0, 0.05) is 10.8 Å². The van der Waals surface area contributed by atoms with Gasteiger partial charge in [-0.15, -0.1) is 0 Å². The van der Waals surface area contributed by atoms with Crippen molar-refractivity contribution in [2.24, 2.45) is 11.8 Å². The van der Waals surface area contributed by atoms with E-state index in [1.165, 1.54) is 0 Å². The van der Waals surface area contributed by atoms with Crippen LogP contribution in [-0.4, -0.2) is 22.2 Å². The first kappa shape index (κ1) is 24.2. The molecule has 0 heterocycles. The number of benzene rings is 4. The van der Waals surface area contributed by atoms with E-state index in [2.05, 4.69) is 48.5 Å². The maximum absolute atomic E-state index is 12.5. The van der Waals surface area contributed by atoms with E-state index in [-0.39, 0.29) is 0 Å². The molecule has 0 saturated carbocycles. The van der Waals surface area contributed by atoms with E-state index in [1.807, 2.05) is 48.5 Å². The number of carboxylic acid groups (broad SMARTS) is 2. The number of hydrogen-bond acceptors (Lipinski definition) is 2. The molecule has 0 fully saturated rings. The molecule has 2 atom stereocenters. The van der Waals surface area contributed by atoms with Gasteiger partial charge in [0.2, 0.25) is 0 Å². The predicted octanol–water partition coefficient (Wildman–Crippen LogP) is 7.14. The third kappa shape index (κ3) is 3.10. The van der Waals surface area contributed by atoms with Crippen LogP contribution in [0.5, 0.6) is 0 Å². The second-order valence-corrected chi connectivity index (χ2v) is 10.9. The zero-order valence-electron chi connectivity index (χ0n) is 21.5. The predicted molar refractivity (Wildman–Crippen MR) is 148 cm³/mol. The number of carboxylic acids is 2. The van der Waals surface area contributed by atoms with Gasteiger partial charge in [0.1, 0.15) is 0 Å². The van der Waals surface area contributed by atoms with Gasteiger partial charge in [0.05, 0.1) is 11.8 Å². The Balaban J connectivity index is 1.82. The van der Waals surface area contributed by atoms with E-state index in [0.717, 1.165) is 44.5 Å². The summed E-state index contributed by atoms with van der Waals surface area (Å²) in [4.78, 5) is 25.0. The van der Waals surface area contributed by atoms with Crippen LogP contribution in [0.15, 0.2) is 97.1 Å². The van der Waals surface area contributed by atoms with E-state index in [4.69, 9.17) is 0 Å². The van der Waals surface area contributed by atoms with Crippen LogP contribution in [0.25, 0.3) is 22.3 Å². The van der Waals surface area contributed by atoms with Crippen LogP contribution in [0.3, 0.4) is 0 Å². The summed E-state index contributed by atoms with van der Waals surface area (Å²) < 4.78 is 0. The van der Waals surface area contributed by atoms with Crippen molar-refractivity contribution in [3.63, 3.8) is 0 Å². The first-order valence-corrected chi connectivity index (χ1v) is 13.2. The Morgan fingerprint density at radius 1 is 0.526 bits per heavy atom. The Labute approximate surface area is 222 Å². The van der Waals surface area contributed by atoms with Crippen molar-refractivity contribution >= 4 is 11.9 Å². The fourth-order valence-corrected chi connectivity index (χ4v) is 7.45. The van der Waals surface area contributed by atoms with Crippen LogP contribution in [0, 0.1) is 11.8 Å². The quantitative estimate of drug-likeness (QED) is 0.282. The van der Waals surface area contributed by atoms with Crippen LogP contribution >= 0.6 is 0 Å². The highest BCUT2D eigenvalue weighted by Crippen LogP contribution is 2.68. The lowest BCUT2D eigenvalue weighted by atomic mass is 9.49. The fraction of sp³-hybridized carbons (Fsp3) is 0.235. The van der Waals surface area contributed by atoms with E-state index in [1.54, 1.807) is 13.8 Å². The van der Waals surface area contributed by atoms with E-state index < -0.39 is 34.6 Å². The standard InChI is InChI=1S/C34H30O4/c1-21(31(35)36)19-33(27-15-7-3-11-23(27)24-12-4-8-16-28(24)33)34(20-22(2)32(37)38)29-17-9-5-13-25(29)26-14-6-10-18-30(26)34/h3-18,21-22H,19-20H2,1-2H3,(H,35,36)(H,37,38). The summed E-state index contributed by atoms with van der Waals surface area (Å²) in [7, 11) is 0. The topological polar surface area (TPSA) is 74.6 Å². The van der Waals surface area contributed by atoms with E-state index in [0.29, 0.717) is 12.8 Å². The van der Waals surface area contributed by atoms with Crippen LogP contribution < -0.4 is 0 Å². The van der Waals surface area contributed by atoms with Gasteiger partial charge in [-0.05, 0) is 57.3 Å². The average Bonchev–Trinajstić information content (AvgIpc) is 3.38. The molecule has 0 aromatic heterocycles. The number of aliphatic carboxylic acids is 2. The zero-order valence-corrected chi connectivity index (χ0v) is 21.5. The number of rotatable bonds is 7. The first-order valence-electron chi connectivity index (χ1n) is 13.2. The maximum atomic E-state index is 12.5. The summed E-state index contributed by atoms with van der Waals surface area (Å²) in [6.45, 7) is 3.55. The van der Waals surface area contributed by atoms with Crippen molar-refractivity contribution < 1.29 is 19.8 Å². The van der Waals surface area contributed by atoms with Crippen LogP contribution in [-0.2, 0) is 20.4 Å². The number of carbonyl (C=O) groups is 2. The SMILES string of the molecule is CC(CC1(C2(CC(C)C(=O)O)c3ccccc3-c3ccccc32)c2ccccc2-c2ccccc21)C(=O)O.